The third-order valence-electron chi connectivity index (χ3n) is 3.16. The molecule has 1 heterocycles. The van der Waals surface area contributed by atoms with Crippen molar-refractivity contribution in [1.82, 2.24) is 9.78 Å². The fourth-order valence-corrected chi connectivity index (χ4v) is 2.32. The van der Waals surface area contributed by atoms with Crippen LogP contribution in [0.25, 0.3) is 0 Å². The molecule has 0 aliphatic carbocycles. The lowest BCUT2D eigenvalue weighted by Crippen LogP contribution is -1.97. The first-order valence-corrected chi connectivity index (χ1v) is 6.92. The number of rotatable bonds is 4. The zero-order chi connectivity index (χ0) is 14.0. The molecule has 0 unspecified atom stereocenters. The summed E-state index contributed by atoms with van der Waals surface area (Å²) >= 11 is 5.97. The molecule has 102 valence electrons. The van der Waals surface area contributed by atoms with E-state index >= 15 is 0 Å². The van der Waals surface area contributed by atoms with E-state index in [0.717, 1.165) is 17.0 Å². The number of nitrogens with zero attached hydrogens (tertiary/aromatic N) is 2. The summed E-state index contributed by atoms with van der Waals surface area (Å²) in [7, 11) is 1.87. The second-order valence-electron chi connectivity index (χ2n) is 4.96. The number of benzene rings is 1. The van der Waals surface area contributed by atoms with Crippen LogP contribution in [0, 0.1) is 6.92 Å². The Morgan fingerprint density at radius 2 is 2.11 bits per heavy atom. The van der Waals surface area contributed by atoms with Gasteiger partial charge in [-0.2, -0.15) is 5.10 Å². The summed E-state index contributed by atoms with van der Waals surface area (Å²) in [6.07, 6.45) is 0. The van der Waals surface area contributed by atoms with Gasteiger partial charge in [0.15, 0.2) is 0 Å². The highest BCUT2D eigenvalue weighted by Crippen LogP contribution is 2.29. The molecule has 0 amide bonds. The highest BCUT2D eigenvalue weighted by atomic mass is 35.5. The number of hydrogen-bond donors (Lipinski definition) is 0. The van der Waals surface area contributed by atoms with E-state index in [-0.39, 0.29) is 0 Å². The third kappa shape index (κ3) is 2.92. The zero-order valence-electron chi connectivity index (χ0n) is 11.8. The fraction of sp³-hybridized carbons (Fsp3) is 0.400. The third-order valence-corrected chi connectivity index (χ3v) is 3.43. The molecule has 0 N–H and O–H groups in total. The van der Waals surface area contributed by atoms with Gasteiger partial charge in [-0.25, -0.2) is 4.68 Å². The van der Waals surface area contributed by atoms with Crippen molar-refractivity contribution in [3.05, 3.63) is 41.1 Å². The van der Waals surface area contributed by atoms with Crippen LogP contribution in [0.4, 0.5) is 0 Å². The Morgan fingerprint density at radius 3 is 2.74 bits per heavy atom. The van der Waals surface area contributed by atoms with Gasteiger partial charge in [0.25, 0.3) is 0 Å². The Morgan fingerprint density at radius 1 is 1.37 bits per heavy atom. The van der Waals surface area contributed by atoms with Crippen molar-refractivity contribution in [2.75, 3.05) is 0 Å². The molecule has 1 aromatic heterocycles. The number of alkyl halides is 1. The van der Waals surface area contributed by atoms with Gasteiger partial charge in [0.05, 0.1) is 17.1 Å². The summed E-state index contributed by atoms with van der Waals surface area (Å²) in [4.78, 5) is 0. The van der Waals surface area contributed by atoms with Gasteiger partial charge in [0.1, 0.15) is 5.75 Å². The summed E-state index contributed by atoms with van der Waals surface area (Å²) in [5, 5.41) is 4.34. The van der Waals surface area contributed by atoms with E-state index in [2.05, 4.69) is 31.1 Å². The van der Waals surface area contributed by atoms with Crippen LogP contribution in [0.3, 0.4) is 0 Å². The monoisotopic (exact) mass is 278 g/mol. The Kier molecular flexibility index (Phi) is 4.15. The van der Waals surface area contributed by atoms with Crippen molar-refractivity contribution in [2.24, 2.45) is 7.05 Å². The zero-order valence-corrected chi connectivity index (χ0v) is 12.5. The van der Waals surface area contributed by atoms with Crippen LogP contribution in [0.1, 0.15) is 36.6 Å². The Labute approximate surface area is 119 Å². The van der Waals surface area contributed by atoms with E-state index in [4.69, 9.17) is 16.3 Å². The maximum atomic E-state index is 5.97. The lowest BCUT2D eigenvalue weighted by molar-refractivity contribution is 0.426. The molecular formula is C15H19ClN2O. The van der Waals surface area contributed by atoms with Crippen molar-refractivity contribution in [1.29, 1.82) is 0 Å². The molecule has 0 aliphatic rings. The number of aromatic nitrogens is 2. The molecule has 0 saturated heterocycles. The number of ether oxygens (including phenoxy) is 1. The largest absolute Gasteiger partial charge is 0.439 e. The molecular weight excluding hydrogens is 260 g/mol. The standard InChI is InChI=1S/C15H19ClN2O/c1-10(2)12-6-5-7-13(8-12)19-15-14(9-16)11(3)17-18(15)4/h5-8,10H,9H2,1-4H3. The van der Waals surface area contributed by atoms with Crippen molar-refractivity contribution in [2.45, 2.75) is 32.6 Å². The molecule has 19 heavy (non-hydrogen) atoms. The first kappa shape index (κ1) is 13.9. The summed E-state index contributed by atoms with van der Waals surface area (Å²) in [6.45, 7) is 6.27. The molecule has 4 heteroatoms. The molecule has 0 bridgehead atoms. The normalized spacial score (nSPS) is 11.1. The molecule has 1 aromatic carbocycles. The van der Waals surface area contributed by atoms with E-state index in [9.17, 15) is 0 Å². The quantitative estimate of drug-likeness (QED) is 0.776. The van der Waals surface area contributed by atoms with Crippen LogP contribution in [0.15, 0.2) is 24.3 Å². The Bertz CT molecular complexity index is 576. The minimum absolute atomic E-state index is 0.402. The molecule has 0 atom stereocenters. The molecule has 0 spiro atoms. The molecule has 2 rings (SSSR count). The molecule has 2 aromatic rings. The summed E-state index contributed by atoms with van der Waals surface area (Å²) in [6, 6.07) is 8.12. The van der Waals surface area contributed by atoms with Crippen LogP contribution >= 0.6 is 11.6 Å². The molecule has 0 fully saturated rings. The smallest absolute Gasteiger partial charge is 0.222 e. The molecule has 0 saturated carbocycles. The van der Waals surface area contributed by atoms with Gasteiger partial charge in [-0.1, -0.05) is 26.0 Å². The second kappa shape index (κ2) is 5.66. The fourth-order valence-electron chi connectivity index (χ4n) is 2.01. The van der Waals surface area contributed by atoms with E-state index < -0.39 is 0 Å². The average molecular weight is 279 g/mol. The minimum atomic E-state index is 0.402. The van der Waals surface area contributed by atoms with Gasteiger partial charge < -0.3 is 4.74 Å². The minimum Gasteiger partial charge on any atom is -0.439 e. The SMILES string of the molecule is Cc1nn(C)c(Oc2cccc(C(C)C)c2)c1CCl. The Hall–Kier alpha value is -1.48. The first-order valence-electron chi connectivity index (χ1n) is 6.39. The van der Waals surface area contributed by atoms with Gasteiger partial charge in [-0.05, 0) is 30.5 Å². The van der Waals surface area contributed by atoms with Gasteiger partial charge in [0.2, 0.25) is 5.88 Å². The summed E-state index contributed by atoms with van der Waals surface area (Å²) < 4.78 is 7.69. The lowest BCUT2D eigenvalue weighted by Gasteiger charge is -2.10. The van der Waals surface area contributed by atoms with Crippen LogP contribution < -0.4 is 4.74 Å². The van der Waals surface area contributed by atoms with E-state index in [0.29, 0.717) is 17.7 Å². The van der Waals surface area contributed by atoms with Crippen LogP contribution in [0.2, 0.25) is 0 Å². The Balaban J connectivity index is 2.33. The van der Waals surface area contributed by atoms with Crippen LogP contribution in [-0.2, 0) is 12.9 Å². The van der Waals surface area contributed by atoms with Crippen LogP contribution in [0.5, 0.6) is 11.6 Å². The molecule has 3 nitrogen and oxygen atoms in total. The second-order valence-corrected chi connectivity index (χ2v) is 5.22. The maximum absolute atomic E-state index is 5.97. The first-order chi connectivity index (χ1) is 9.02. The summed E-state index contributed by atoms with van der Waals surface area (Å²) in [5.41, 5.74) is 3.11. The predicted molar refractivity (Wildman–Crippen MR) is 78.1 cm³/mol. The van der Waals surface area contributed by atoms with Gasteiger partial charge in [0, 0.05) is 7.05 Å². The predicted octanol–water partition coefficient (Wildman–Crippen LogP) is 4.38. The van der Waals surface area contributed by atoms with Crippen molar-refractivity contribution >= 4 is 11.6 Å². The highest BCUT2D eigenvalue weighted by Gasteiger charge is 2.14. The van der Waals surface area contributed by atoms with E-state index in [1.54, 1.807) is 4.68 Å². The average Bonchev–Trinajstić information content (AvgIpc) is 2.64. The van der Waals surface area contributed by atoms with Crippen molar-refractivity contribution in [3.63, 3.8) is 0 Å². The maximum Gasteiger partial charge on any atom is 0.222 e. The van der Waals surface area contributed by atoms with E-state index in [1.165, 1.54) is 5.56 Å². The number of hydrogen-bond acceptors (Lipinski definition) is 2. The van der Waals surface area contributed by atoms with Gasteiger partial charge in [-0.15, -0.1) is 11.6 Å². The van der Waals surface area contributed by atoms with Crippen LogP contribution in [-0.4, -0.2) is 9.78 Å². The highest BCUT2D eigenvalue weighted by molar-refractivity contribution is 6.17. The summed E-state index contributed by atoms with van der Waals surface area (Å²) in [5.74, 6) is 2.41. The molecule has 0 aliphatic heterocycles. The molecule has 0 radical (unpaired) electrons. The lowest BCUT2D eigenvalue weighted by atomic mass is 10.0. The van der Waals surface area contributed by atoms with E-state index in [1.807, 2.05) is 26.1 Å². The van der Waals surface area contributed by atoms with Crippen molar-refractivity contribution < 1.29 is 4.74 Å². The van der Waals surface area contributed by atoms with Gasteiger partial charge >= 0.3 is 0 Å². The number of halogens is 1. The number of aryl methyl sites for hydroxylation is 2. The van der Waals surface area contributed by atoms with Crippen molar-refractivity contribution in [3.8, 4) is 11.6 Å². The van der Waals surface area contributed by atoms with Gasteiger partial charge in [-0.3, -0.25) is 0 Å². The topological polar surface area (TPSA) is 27.1 Å².